The summed E-state index contributed by atoms with van der Waals surface area (Å²) in [6.07, 6.45) is 0. The third-order valence-corrected chi connectivity index (χ3v) is 2.25. The molecule has 5 nitrogen and oxygen atoms in total. The van der Waals surface area contributed by atoms with Crippen molar-refractivity contribution in [3.63, 3.8) is 0 Å². The molecule has 0 spiro atoms. The van der Waals surface area contributed by atoms with E-state index in [9.17, 15) is 4.79 Å². The summed E-state index contributed by atoms with van der Waals surface area (Å²) in [5.74, 6) is 0.639. The van der Waals surface area contributed by atoms with E-state index in [4.69, 9.17) is 14.6 Å². The SMILES string of the molecule is COc1ccc(OCCN[C@@H](C)C(=O)O)cc1. The minimum absolute atomic E-state index is 0.421. The van der Waals surface area contributed by atoms with Crippen molar-refractivity contribution >= 4 is 5.97 Å². The summed E-state index contributed by atoms with van der Waals surface area (Å²) in [4.78, 5) is 10.5. The van der Waals surface area contributed by atoms with Crippen molar-refractivity contribution < 1.29 is 19.4 Å². The molecule has 1 atom stereocenters. The largest absolute Gasteiger partial charge is 0.497 e. The van der Waals surface area contributed by atoms with Crippen molar-refractivity contribution in [3.8, 4) is 11.5 Å². The van der Waals surface area contributed by atoms with E-state index in [0.717, 1.165) is 11.5 Å². The highest BCUT2D eigenvalue weighted by Gasteiger charge is 2.08. The van der Waals surface area contributed by atoms with Crippen LogP contribution >= 0.6 is 0 Å². The highest BCUT2D eigenvalue weighted by Crippen LogP contribution is 2.16. The van der Waals surface area contributed by atoms with E-state index in [-0.39, 0.29) is 0 Å². The fourth-order valence-corrected chi connectivity index (χ4v) is 1.20. The van der Waals surface area contributed by atoms with Crippen molar-refractivity contribution in [1.82, 2.24) is 5.32 Å². The van der Waals surface area contributed by atoms with E-state index in [2.05, 4.69) is 5.32 Å². The number of ether oxygens (including phenoxy) is 2. The number of aliphatic carboxylic acids is 1. The lowest BCUT2D eigenvalue weighted by Gasteiger charge is -2.10. The van der Waals surface area contributed by atoms with Gasteiger partial charge in [-0.3, -0.25) is 4.79 Å². The smallest absolute Gasteiger partial charge is 0.320 e. The molecule has 17 heavy (non-hydrogen) atoms. The zero-order chi connectivity index (χ0) is 12.7. The van der Waals surface area contributed by atoms with Gasteiger partial charge in [0, 0.05) is 6.54 Å². The summed E-state index contributed by atoms with van der Waals surface area (Å²) in [6, 6.07) is 6.67. The maximum Gasteiger partial charge on any atom is 0.320 e. The van der Waals surface area contributed by atoms with Crippen LogP contribution < -0.4 is 14.8 Å². The third kappa shape index (κ3) is 4.74. The van der Waals surface area contributed by atoms with Crippen LogP contribution in [0.2, 0.25) is 0 Å². The lowest BCUT2D eigenvalue weighted by atomic mass is 10.3. The molecule has 2 N–H and O–H groups in total. The molecule has 0 saturated carbocycles. The highest BCUT2D eigenvalue weighted by molar-refractivity contribution is 5.72. The Labute approximate surface area is 100 Å². The van der Waals surface area contributed by atoms with Gasteiger partial charge in [0.1, 0.15) is 24.1 Å². The lowest BCUT2D eigenvalue weighted by molar-refractivity contribution is -0.139. The molecule has 1 aromatic carbocycles. The summed E-state index contributed by atoms with van der Waals surface area (Å²) in [7, 11) is 1.60. The Balaban J connectivity index is 2.24. The number of rotatable bonds is 7. The number of carboxylic acids is 1. The van der Waals surface area contributed by atoms with Crippen LogP contribution in [-0.2, 0) is 4.79 Å². The van der Waals surface area contributed by atoms with Gasteiger partial charge in [-0.25, -0.2) is 0 Å². The monoisotopic (exact) mass is 239 g/mol. The summed E-state index contributed by atoms with van der Waals surface area (Å²) in [5.41, 5.74) is 0. The van der Waals surface area contributed by atoms with Crippen molar-refractivity contribution in [2.24, 2.45) is 0 Å². The van der Waals surface area contributed by atoms with Crippen LogP contribution in [-0.4, -0.2) is 37.4 Å². The molecule has 0 saturated heterocycles. The van der Waals surface area contributed by atoms with Gasteiger partial charge in [-0.1, -0.05) is 0 Å². The van der Waals surface area contributed by atoms with Gasteiger partial charge < -0.3 is 19.9 Å². The van der Waals surface area contributed by atoms with Gasteiger partial charge in [0.25, 0.3) is 0 Å². The Morgan fingerprint density at radius 1 is 1.35 bits per heavy atom. The molecule has 5 heteroatoms. The van der Waals surface area contributed by atoms with E-state index >= 15 is 0 Å². The Kier molecular flexibility index (Phi) is 5.29. The van der Waals surface area contributed by atoms with Crippen LogP contribution in [0.3, 0.4) is 0 Å². The second-order valence-electron chi connectivity index (χ2n) is 3.54. The first kappa shape index (κ1) is 13.3. The maximum atomic E-state index is 10.5. The minimum atomic E-state index is -0.866. The molecule has 0 aliphatic heterocycles. The van der Waals surface area contributed by atoms with Crippen LogP contribution in [0.25, 0.3) is 0 Å². The van der Waals surface area contributed by atoms with Crippen molar-refractivity contribution in [2.45, 2.75) is 13.0 Å². The van der Waals surface area contributed by atoms with Crippen molar-refractivity contribution in [1.29, 1.82) is 0 Å². The molecule has 0 unspecified atom stereocenters. The molecule has 0 aromatic heterocycles. The molecular formula is C12H17NO4. The van der Waals surface area contributed by atoms with Crippen molar-refractivity contribution in [2.75, 3.05) is 20.3 Å². The van der Waals surface area contributed by atoms with Crippen LogP contribution in [0.5, 0.6) is 11.5 Å². The maximum absolute atomic E-state index is 10.5. The third-order valence-electron chi connectivity index (χ3n) is 2.25. The number of carbonyl (C=O) groups is 1. The summed E-state index contributed by atoms with van der Waals surface area (Å²) >= 11 is 0. The summed E-state index contributed by atoms with van der Waals surface area (Å²) in [5, 5.41) is 11.5. The number of nitrogens with one attached hydrogen (secondary N) is 1. The minimum Gasteiger partial charge on any atom is -0.497 e. The van der Waals surface area contributed by atoms with Crippen LogP contribution in [0.15, 0.2) is 24.3 Å². The molecule has 0 aliphatic rings. The van der Waals surface area contributed by atoms with Gasteiger partial charge in [0.2, 0.25) is 0 Å². The first-order valence-electron chi connectivity index (χ1n) is 5.36. The number of methoxy groups -OCH3 is 1. The standard InChI is InChI=1S/C12H17NO4/c1-9(12(14)15)13-7-8-17-11-5-3-10(16-2)4-6-11/h3-6,9,13H,7-8H2,1-2H3,(H,14,15)/t9-/m0/s1. The van der Waals surface area contributed by atoms with E-state index in [1.54, 1.807) is 26.2 Å². The van der Waals surface area contributed by atoms with Gasteiger partial charge in [-0.15, -0.1) is 0 Å². The van der Waals surface area contributed by atoms with E-state index < -0.39 is 12.0 Å². The predicted molar refractivity (Wildman–Crippen MR) is 63.6 cm³/mol. The Hall–Kier alpha value is -1.75. The summed E-state index contributed by atoms with van der Waals surface area (Å²) < 4.78 is 10.4. The van der Waals surface area contributed by atoms with Gasteiger partial charge in [0.05, 0.1) is 7.11 Å². The van der Waals surface area contributed by atoms with Crippen LogP contribution in [0, 0.1) is 0 Å². The van der Waals surface area contributed by atoms with Crippen LogP contribution in [0.1, 0.15) is 6.92 Å². The Bertz CT molecular complexity index is 350. The molecule has 0 bridgehead atoms. The van der Waals surface area contributed by atoms with E-state index in [1.807, 2.05) is 12.1 Å². The fourth-order valence-electron chi connectivity index (χ4n) is 1.20. The van der Waals surface area contributed by atoms with Crippen molar-refractivity contribution in [3.05, 3.63) is 24.3 Å². The average molecular weight is 239 g/mol. The number of benzene rings is 1. The Morgan fingerprint density at radius 2 is 1.94 bits per heavy atom. The molecule has 0 heterocycles. The second-order valence-corrected chi connectivity index (χ2v) is 3.54. The highest BCUT2D eigenvalue weighted by atomic mass is 16.5. The number of hydrogen-bond donors (Lipinski definition) is 2. The molecular weight excluding hydrogens is 222 g/mol. The van der Waals surface area contributed by atoms with Crippen LogP contribution in [0.4, 0.5) is 0 Å². The van der Waals surface area contributed by atoms with E-state index in [0.29, 0.717) is 13.2 Å². The number of hydrogen-bond acceptors (Lipinski definition) is 4. The summed E-state index contributed by atoms with van der Waals surface area (Å²) in [6.45, 7) is 2.50. The average Bonchev–Trinajstić information content (AvgIpc) is 2.35. The molecule has 0 fully saturated rings. The lowest BCUT2D eigenvalue weighted by Crippen LogP contribution is -2.36. The Morgan fingerprint density at radius 3 is 2.47 bits per heavy atom. The van der Waals surface area contributed by atoms with E-state index in [1.165, 1.54) is 0 Å². The molecule has 94 valence electrons. The van der Waals surface area contributed by atoms with Gasteiger partial charge in [0.15, 0.2) is 0 Å². The van der Waals surface area contributed by atoms with Gasteiger partial charge in [-0.05, 0) is 31.2 Å². The molecule has 0 radical (unpaired) electrons. The zero-order valence-electron chi connectivity index (χ0n) is 9.97. The van der Waals surface area contributed by atoms with Gasteiger partial charge >= 0.3 is 5.97 Å². The molecule has 1 aromatic rings. The first-order chi connectivity index (χ1) is 8.13. The quantitative estimate of drug-likeness (QED) is 0.698. The zero-order valence-corrected chi connectivity index (χ0v) is 9.97. The topological polar surface area (TPSA) is 67.8 Å². The molecule has 0 amide bonds. The van der Waals surface area contributed by atoms with Gasteiger partial charge in [-0.2, -0.15) is 0 Å². The first-order valence-corrected chi connectivity index (χ1v) is 5.36. The predicted octanol–water partition coefficient (Wildman–Crippen LogP) is 1.14. The number of carboxylic acid groups (broad SMARTS) is 1. The molecule has 0 aliphatic carbocycles. The fraction of sp³-hybridized carbons (Fsp3) is 0.417. The normalized spacial score (nSPS) is 11.9. The molecule has 1 rings (SSSR count). The second kappa shape index (κ2) is 6.75.